The SMILES string of the molecule is Cc1ccc(C)c(Nc2ccc(C(=O)N3CCCCC3)cn2)c1. The Morgan fingerprint density at radius 1 is 1.09 bits per heavy atom. The lowest BCUT2D eigenvalue weighted by Crippen LogP contribution is -2.35. The number of carbonyl (C=O) groups is 1. The summed E-state index contributed by atoms with van der Waals surface area (Å²) in [6.45, 7) is 5.86. The smallest absolute Gasteiger partial charge is 0.255 e. The molecule has 0 aliphatic carbocycles. The summed E-state index contributed by atoms with van der Waals surface area (Å²) in [5, 5.41) is 3.32. The van der Waals surface area contributed by atoms with Gasteiger partial charge in [-0.2, -0.15) is 0 Å². The van der Waals surface area contributed by atoms with Crippen LogP contribution in [-0.2, 0) is 0 Å². The molecule has 2 aromatic rings. The Balaban J connectivity index is 1.71. The third kappa shape index (κ3) is 3.70. The number of carbonyl (C=O) groups excluding carboxylic acids is 1. The van der Waals surface area contributed by atoms with Gasteiger partial charge in [0.1, 0.15) is 5.82 Å². The first-order valence-corrected chi connectivity index (χ1v) is 8.23. The van der Waals surface area contributed by atoms with Gasteiger partial charge in [-0.15, -0.1) is 0 Å². The van der Waals surface area contributed by atoms with E-state index in [1.165, 1.54) is 17.5 Å². The summed E-state index contributed by atoms with van der Waals surface area (Å²) in [6.07, 6.45) is 5.10. The van der Waals surface area contributed by atoms with Crippen molar-refractivity contribution in [1.29, 1.82) is 0 Å². The number of aryl methyl sites for hydroxylation is 2. The molecule has 1 amide bonds. The van der Waals surface area contributed by atoms with Crippen molar-refractivity contribution in [3.05, 3.63) is 53.2 Å². The maximum Gasteiger partial charge on any atom is 0.255 e. The maximum absolute atomic E-state index is 12.4. The molecule has 0 radical (unpaired) electrons. The van der Waals surface area contributed by atoms with Crippen LogP contribution >= 0.6 is 0 Å². The molecule has 23 heavy (non-hydrogen) atoms. The van der Waals surface area contributed by atoms with Gasteiger partial charge in [0.25, 0.3) is 5.91 Å². The van der Waals surface area contributed by atoms with Crippen LogP contribution in [0.4, 0.5) is 11.5 Å². The minimum absolute atomic E-state index is 0.0930. The van der Waals surface area contributed by atoms with Gasteiger partial charge in [-0.1, -0.05) is 12.1 Å². The first-order chi connectivity index (χ1) is 11.1. The molecule has 3 rings (SSSR count). The van der Waals surface area contributed by atoms with Crippen LogP contribution in [-0.4, -0.2) is 28.9 Å². The zero-order valence-electron chi connectivity index (χ0n) is 13.8. The number of aromatic nitrogens is 1. The van der Waals surface area contributed by atoms with Gasteiger partial charge in [-0.25, -0.2) is 4.98 Å². The molecular weight excluding hydrogens is 286 g/mol. The normalized spacial score (nSPS) is 14.6. The maximum atomic E-state index is 12.4. The van der Waals surface area contributed by atoms with Crippen molar-refractivity contribution in [3.63, 3.8) is 0 Å². The van der Waals surface area contributed by atoms with Gasteiger partial charge in [-0.3, -0.25) is 4.79 Å². The van der Waals surface area contributed by atoms with Crippen LogP contribution in [0.1, 0.15) is 40.7 Å². The Kier molecular flexibility index (Phi) is 4.60. The van der Waals surface area contributed by atoms with E-state index in [9.17, 15) is 4.79 Å². The predicted octanol–water partition coefficient (Wildman–Crippen LogP) is 4.07. The molecule has 1 aromatic carbocycles. The fourth-order valence-corrected chi connectivity index (χ4v) is 2.88. The van der Waals surface area contributed by atoms with E-state index in [0.29, 0.717) is 5.56 Å². The Hall–Kier alpha value is -2.36. The third-order valence-electron chi connectivity index (χ3n) is 4.31. The molecule has 120 valence electrons. The molecule has 4 heteroatoms. The number of pyridine rings is 1. The van der Waals surface area contributed by atoms with E-state index in [1.54, 1.807) is 6.20 Å². The Morgan fingerprint density at radius 3 is 2.57 bits per heavy atom. The topological polar surface area (TPSA) is 45.2 Å². The predicted molar refractivity (Wildman–Crippen MR) is 93.2 cm³/mol. The molecule has 1 N–H and O–H groups in total. The van der Waals surface area contributed by atoms with Gasteiger partial charge >= 0.3 is 0 Å². The van der Waals surface area contributed by atoms with Crippen LogP contribution < -0.4 is 5.32 Å². The number of hydrogen-bond donors (Lipinski definition) is 1. The molecule has 1 aromatic heterocycles. The average Bonchev–Trinajstić information content (AvgIpc) is 2.59. The summed E-state index contributed by atoms with van der Waals surface area (Å²) in [7, 11) is 0. The number of piperidine rings is 1. The lowest BCUT2D eigenvalue weighted by Gasteiger charge is -2.26. The molecule has 0 saturated carbocycles. The van der Waals surface area contributed by atoms with E-state index in [4.69, 9.17) is 0 Å². The third-order valence-corrected chi connectivity index (χ3v) is 4.31. The van der Waals surface area contributed by atoms with Crippen molar-refractivity contribution < 1.29 is 4.79 Å². The van der Waals surface area contributed by atoms with Crippen molar-refractivity contribution in [2.45, 2.75) is 33.1 Å². The van der Waals surface area contributed by atoms with Crippen LogP contribution in [0.3, 0.4) is 0 Å². The number of rotatable bonds is 3. The highest BCUT2D eigenvalue weighted by Gasteiger charge is 2.18. The fraction of sp³-hybridized carbons (Fsp3) is 0.368. The summed E-state index contributed by atoms with van der Waals surface area (Å²) in [6, 6.07) is 10.0. The molecule has 2 heterocycles. The molecule has 1 saturated heterocycles. The standard InChI is InChI=1S/C19H23N3O/c1-14-6-7-15(2)17(12-14)21-18-9-8-16(13-20-18)19(23)22-10-4-3-5-11-22/h6-9,12-13H,3-5,10-11H2,1-2H3,(H,20,21). The Morgan fingerprint density at radius 2 is 1.87 bits per heavy atom. The monoisotopic (exact) mass is 309 g/mol. The van der Waals surface area contributed by atoms with E-state index in [2.05, 4.69) is 42.3 Å². The van der Waals surface area contributed by atoms with E-state index in [1.807, 2.05) is 17.0 Å². The van der Waals surface area contributed by atoms with Crippen LogP contribution in [0.15, 0.2) is 36.5 Å². The zero-order valence-corrected chi connectivity index (χ0v) is 13.8. The van der Waals surface area contributed by atoms with Gasteiger partial charge in [0, 0.05) is 25.0 Å². The first kappa shape index (κ1) is 15.5. The molecule has 4 nitrogen and oxygen atoms in total. The lowest BCUT2D eigenvalue weighted by atomic mass is 10.1. The van der Waals surface area contributed by atoms with Gasteiger partial charge in [0.15, 0.2) is 0 Å². The van der Waals surface area contributed by atoms with E-state index in [-0.39, 0.29) is 5.91 Å². The second-order valence-corrected chi connectivity index (χ2v) is 6.23. The van der Waals surface area contributed by atoms with Crippen LogP contribution in [0.2, 0.25) is 0 Å². The van der Waals surface area contributed by atoms with Crippen molar-refractivity contribution in [2.75, 3.05) is 18.4 Å². The van der Waals surface area contributed by atoms with Gasteiger partial charge in [0.2, 0.25) is 0 Å². The second-order valence-electron chi connectivity index (χ2n) is 6.23. The molecule has 1 aliphatic heterocycles. The number of nitrogens with one attached hydrogen (secondary N) is 1. The second kappa shape index (κ2) is 6.82. The van der Waals surface area contributed by atoms with Crippen LogP contribution in [0.25, 0.3) is 0 Å². The summed E-state index contributed by atoms with van der Waals surface area (Å²) in [4.78, 5) is 18.8. The van der Waals surface area contributed by atoms with E-state index < -0.39 is 0 Å². The van der Waals surface area contributed by atoms with Crippen LogP contribution in [0, 0.1) is 13.8 Å². The number of amides is 1. The molecule has 0 unspecified atom stereocenters. The minimum Gasteiger partial charge on any atom is -0.340 e. The summed E-state index contributed by atoms with van der Waals surface area (Å²) >= 11 is 0. The highest BCUT2D eigenvalue weighted by molar-refractivity contribution is 5.94. The van der Waals surface area contributed by atoms with Gasteiger partial charge < -0.3 is 10.2 Å². The highest BCUT2D eigenvalue weighted by Crippen LogP contribution is 2.21. The summed E-state index contributed by atoms with van der Waals surface area (Å²) in [5.41, 5.74) is 4.09. The zero-order chi connectivity index (χ0) is 16.2. The van der Waals surface area contributed by atoms with Crippen molar-refractivity contribution >= 4 is 17.4 Å². The van der Waals surface area contributed by atoms with Crippen molar-refractivity contribution in [2.24, 2.45) is 0 Å². The largest absolute Gasteiger partial charge is 0.340 e. The molecule has 1 fully saturated rings. The van der Waals surface area contributed by atoms with Gasteiger partial charge in [0.05, 0.1) is 5.56 Å². The Bertz CT molecular complexity index is 688. The number of likely N-dealkylation sites (tertiary alicyclic amines) is 1. The fourth-order valence-electron chi connectivity index (χ4n) is 2.88. The first-order valence-electron chi connectivity index (χ1n) is 8.23. The summed E-state index contributed by atoms with van der Waals surface area (Å²) < 4.78 is 0. The molecule has 0 atom stereocenters. The van der Waals surface area contributed by atoms with Crippen molar-refractivity contribution in [3.8, 4) is 0 Å². The number of anilines is 2. The van der Waals surface area contributed by atoms with Crippen molar-refractivity contribution in [1.82, 2.24) is 9.88 Å². The highest BCUT2D eigenvalue weighted by atomic mass is 16.2. The molecule has 0 spiro atoms. The van der Waals surface area contributed by atoms with Crippen LogP contribution in [0.5, 0.6) is 0 Å². The van der Waals surface area contributed by atoms with E-state index in [0.717, 1.165) is 37.4 Å². The number of nitrogens with zero attached hydrogens (tertiary/aromatic N) is 2. The average molecular weight is 309 g/mol. The van der Waals surface area contributed by atoms with E-state index >= 15 is 0 Å². The number of benzene rings is 1. The molecule has 1 aliphatic rings. The summed E-state index contributed by atoms with van der Waals surface area (Å²) in [5.74, 6) is 0.851. The molecule has 0 bridgehead atoms. The molecular formula is C19H23N3O. The van der Waals surface area contributed by atoms with Gasteiger partial charge in [-0.05, 0) is 62.4 Å². The quantitative estimate of drug-likeness (QED) is 0.929. The number of hydrogen-bond acceptors (Lipinski definition) is 3. The Labute approximate surface area is 137 Å². The minimum atomic E-state index is 0.0930. The lowest BCUT2D eigenvalue weighted by molar-refractivity contribution is 0.0724.